The average molecular weight is 400 g/mol. The third-order valence-corrected chi connectivity index (χ3v) is 5.05. The van der Waals surface area contributed by atoms with E-state index >= 15 is 0 Å². The molecule has 2 heterocycles. The van der Waals surface area contributed by atoms with Crippen LogP contribution in [0.2, 0.25) is 0 Å². The van der Waals surface area contributed by atoms with Crippen LogP contribution in [0.4, 0.5) is 24.0 Å². The van der Waals surface area contributed by atoms with Crippen molar-refractivity contribution in [2.75, 3.05) is 16.4 Å². The van der Waals surface area contributed by atoms with Crippen LogP contribution in [0.3, 0.4) is 0 Å². The lowest BCUT2D eigenvalue weighted by molar-refractivity contribution is -0.113. The van der Waals surface area contributed by atoms with Crippen LogP contribution in [-0.2, 0) is 11.3 Å². The van der Waals surface area contributed by atoms with E-state index in [-0.39, 0.29) is 5.75 Å². The highest BCUT2D eigenvalue weighted by atomic mass is 32.2. The summed E-state index contributed by atoms with van der Waals surface area (Å²) >= 11 is 2.32. The number of benzene rings is 1. The van der Waals surface area contributed by atoms with E-state index in [0.717, 1.165) is 29.7 Å². The molecule has 0 unspecified atom stereocenters. The summed E-state index contributed by atoms with van der Waals surface area (Å²) in [6.45, 7) is 0.447. The number of hydrogen-bond acceptors (Lipinski definition) is 7. The monoisotopic (exact) mass is 400 g/mol. The zero-order chi connectivity index (χ0) is 18.5. The minimum absolute atomic E-state index is 0.0920. The van der Waals surface area contributed by atoms with Gasteiger partial charge in [0.05, 0.1) is 24.2 Å². The van der Waals surface area contributed by atoms with Crippen LogP contribution in [0, 0.1) is 17.5 Å². The van der Waals surface area contributed by atoms with Gasteiger partial charge in [-0.15, -0.1) is 10.2 Å². The van der Waals surface area contributed by atoms with Crippen LogP contribution < -0.4 is 10.6 Å². The van der Waals surface area contributed by atoms with Crippen LogP contribution in [0.25, 0.3) is 0 Å². The maximum atomic E-state index is 13.5. The number of nitrogens with one attached hydrogen (secondary N) is 2. The van der Waals surface area contributed by atoms with Gasteiger partial charge in [-0.2, -0.15) is 0 Å². The van der Waals surface area contributed by atoms with Crippen molar-refractivity contribution < 1.29 is 22.4 Å². The first-order chi connectivity index (χ1) is 12.5. The molecule has 0 aliphatic heterocycles. The van der Waals surface area contributed by atoms with Gasteiger partial charge in [-0.1, -0.05) is 23.1 Å². The molecule has 2 N–H and O–H groups in total. The van der Waals surface area contributed by atoms with Gasteiger partial charge in [0.15, 0.2) is 21.8 Å². The van der Waals surface area contributed by atoms with Crippen LogP contribution in [-0.4, -0.2) is 21.9 Å². The van der Waals surface area contributed by atoms with Gasteiger partial charge >= 0.3 is 0 Å². The normalized spacial score (nSPS) is 10.7. The zero-order valence-corrected chi connectivity index (χ0v) is 14.6. The molecule has 0 fully saturated rings. The lowest BCUT2D eigenvalue weighted by atomic mass is 10.3. The maximum Gasteiger partial charge on any atom is 0.234 e. The van der Waals surface area contributed by atoms with Crippen molar-refractivity contribution in [3.63, 3.8) is 0 Å². The summed E-state index contributed by atoms with van der Waals surface area (Å²) in [6, 6.07) is 5.28. The van der Waals surface area contributed by atoms with E-state index < -0.39 is 29.0 Å². The Hall–Kier alpha value is -2.53. The summed E-state index contributed by atoms with van der Waals surface area (Å²) in [5.41, 5.74) is -0.424. The molecule has 136 valence electrons. The largest absolute Gasteiger partial charge is 0.467 e. The summed E-state index contributed by atoms with van der Waals surface area (Å²) in [6.07, 6.45) is 1.56. The second-order valence-electron chi connectivity index (χ2n) is 4.87. The number of carbonyl (C=O) groups excluding carboxylic acids is 1. The van der Waals surface area contributed by atoms with E-state index in [1.165, 1.54) is 11.3 Å². The highest BCUT2D eigenvalue weighted by molar-refractivity contribution is 8.01. The molecule has 0 radical (unpaired) electrons. The molecule has 6 nitrogen and oxygen atoms in total. The number of halogens is 3. The third kappa shape index (κ3) is 4.55. The average Bonchev–Trinajstić information content (AvgIpc) is 3.30. The van der Waals surface area contributed by atoms with Crippen molar-refractivity contribution in [2.24, 2.45) is 0 Å². The van der Waals surface area contributed by atoms with Crippen molar-refractivity contribution >= 4 is 39.8 Å². The van der Waals surface area contributed by atoms with Crippen LogP contribution in [0.15, 0.2) is 39.3 Å². The number of anilines is 2. The highest BCUT2D eigenvalue weighted by Crippen LogP contribution is 2.26. The molecule has 11 heteroatoms. The predicted molar refractivity (Wildman–Crippen MR) is 91.6 cm³/mol. The van der Waals surface area contributed by atoms with Crippen molar-refractivity contribution in [3.8, 4) is 0 Å². The quantitative estimate of drug-likeness (QED) is 0.463. The van der Waals surface area contributed by atoms with Crippen molar-refractivity contribution in [2.45, 2.75) is 10.9 Å². The minimum atomic E-state index is -1.63. The Balaban J connectivity index is 1.49. The van der Waals surface area contributed by atoms with Crippen LogP contribution in [0.5, 0.6) is 0 Å². The number of rotatable bonds is 7. The van der Waals surface area contributed by atoms with Gasteiger partial charge < -0.3 is 15.1 Å². The van der Waals surface area contributed by atoms with E-state index in [2.05, 4.69) is 20.8 Å². The van der Waals surface area contributed by atoms with Gasteiger partial charge in [0.2, 0.25) is 11.0 Å². The topological polar surface area (TPSA) is 80.1 Å². The second kappa shape index (κ2) is 8.23. The van der Waals surface area contributed by atoms with Gasteiger partial charge in [0.25, 0.3) is 0 Å². The van der Waals surface area contributed by atoms with E-state index in [1.54, 1.807) is 12.3 Å². The molecular weight excluding hydrogens is 389 g/mol. The minimum Gasteiger partial charge on any atom is -0.467 e. The lowest BCUT2D eigenvalue weighted by Crippen LogP contribution is -2.15. The Morgan fingerprint density at radius 3 is 2.81 bits per heavy atom. The first-order valence-electron chi connectivity index (χ1n) is 7.19. The van der Waals surface area contributed by atoms with Gasteiger partial charge in [0, 0.05) is 0 Å². The number of hydrogen-bond donors (Lipinski definition) is 2. The molecule has 1 aromatic carbocycles. The summed E-state index contributed by atoms with van der Waals surface area (Å²) in [5.74, 6) is -4.33. The Kier molecular flexibility index (Phi) is 5.78. The smallest absolute Gasteiger partial charge is 0.234 e. The fourth-order valence-electron chi connectivity index (χ4n) is 1.85. The number of thioether (sulfide) groups is 1. The first kappa shape index (κ1) is 18.3. The third-order valence-electron chi connectivity index (χ3n) is 3.04. The molecule has 26 heavy (non-hydrogen) atoms. The Labute approximate surface area is 153 Å². The molecule has 0 saturated heterocycles. The SMILES string of the molecule is O=C(CSc1nnc(NCc2ccco2)s1)Nc1ccc(F)c(F)c1F. The summed E-state index contributed by atoms with van der Waals surface area (Å²) < 4.78 is 45.2. The molecule has 3 aromatic rings. The second-order valence-corrected chi connectivity index (χ2v) is 7.07. The molecule has 3 rings (SSSR count). The van der Waals surface area contributed by atoms with Crippen molar-refractivity contribution in [1.82, 2.24) is 10.2 Å². The number of furan rings is 1. The van der Waals surface area contributed by atoms with Gasteiger partial charge in [-0.25, -0.2) is 13.2 Å². The fraction of sp³-hybridized carbons (Fsp3) is 0.133. The Bertz CT molecular complexity index is 902. The Morgan fingerprint density at radius 2 is 2.04 bits per heavy atom. The number of nitrogens with zero attached hydrogens (tertiary/aromatic N) is 2. The van der Waals surface area contributed by atoms with E-state index in [1.807, 2.05) is 6.07 Å². The van der Waals surface area contributed by atoms with Gasteiger partial charge in [-0.05, 0) is 24.3 Å². The molecule has 0 saturated carbocycles. The number of aromatic nitrogens is 2. The summed E-state index contributed by atoms with van der Waals surface area (Å²) in [4.78, 5) is 11.8. The van der Waals surface area contributed by atoms with Crippen LogP contribution >= 0.6 is 23.1 Å². The predicted octanol–water partition coefficient (Wildman–Crippen LogP) is 3.89. The van der Waals surface area contributed by atoms with Crippen LogP contribution in [0.1, 0.15) is 5.76 Å². The Morgan fingerprint density at radius 1 is 1.19 bits per heavy atom. The van der Waals surface area contributed by atoms with E-state index in [4.69, 9.17) is 4.42 Å². The highest BCUT2D eigenvalue weighted by Gasteiger charge is 2.16. The summed E-state index contributed by atoms with van der Waals surface area (Å²) in [5, 5.41) is 13.6. The van der Waals surface area contributed by atoms with E-state index in [0.29, 0.717) is 16.0 Å². The molecule has 0 atom stereocenters. The van der Waals surface area contributed by atoms with Crippen molar-refractivity contribution in [3.05, 3.63) is 53.7 Å². The molecule has 0 aliphatic carbocycles. The standard InChI is InChI=1S/C15H11F3N4O2S2/c16-9-3-4-10(13(18)12(9)17)20-11(23)7-25-15-22-21-14(26-15)19-6-8-2-1-5-24-8/h1-5H,6-7H2,(H,19,21)(H,20,23). The number of amides is 1. The zero-order valence-electron chi connectivity index (χ0n) is 13.0. The molecule has 0 aliphatic rings. The van der Waals surface area contributed by atoms with E-state index in [9.17, 15) is 18.0 Å². The molecule has 1 amide bonds. The van der Waals surface area contributed by atoms with Crippen molar-refractivity contribution in [1.29, 1.82) is 0 Å². The molecule has 2 aromatic heterocycles. The molecule has 0 spiro atoms. The van der Waals surface area contributed by atoms with Gasteiger partial charge in [0.1, 0.15) is 5.76 Å². The lowest BCUT2D eigenvalue weighted by Gasteiger charge is -2.06. The summed E-state index contributed by atoms with van der Waals surface area (Å²) in [7, 11) is 0. The fourth-order valence-corrected chi connectivity index (χ4v) is 3.40. The first-order valence-corrected chi connectivity index (χ1v) is 8.99. The molecular formula is C15H11F3N4O2S2. The maximum absolute atomic E-state index is 13.5. The number of carbonyl (C=O) groups is 1. The van der Waals surface area contributed by atoms with Gasteiger partial charge in [-0.3, -0.25) is 4.79 Å². The molecule has 0 bridgehead atoms.